The van der Waals surface area contributed by atoms with E-state index in [-0.39, 0.29) is 5.56 Å². The number of aromatic nitrogens is 2. The van der Waals surface area contributed by atoms with E-state index < -0.39 is 5.97 Å². The number of hydrogen-bond donors (Lipinski definition) is 1. The monoisotopic (exact) mass is 280 g/mol. The van der Waals surface area contributed by atoms with E-state index in [1.54, 1.807) is 24.4 Å². The molecule has 0 bridgehead atoms. The first kappa shape index (κ1) is 12.9. The molecule has 1 N–H and O–H groups in total. The van der Waals surface area contributed by atoms with E-state index in [1.807, 2.05) is 0 Å². The Hall–Kier alpha value is -1.59. The Morgan fingerprint density at radius 3 is 2.78 bits per heavy atom. The summed E-state index contributed by atoms with van der Waals surface area (Å²) in [6, 6.07) is 6.72. The molecule has 0 saturated heterocycles. The topological polar surface area (TPSA) is 63.1 Å². The molecule has 0 atom stereocenters. The maximum absolute atomic E-state index is 10.7. The van der Waals surface area contributed by atoms with Gasteiger partial charge in [-0.3, -0.25) is 4.98 Å². The molecule has 0 aromatic carbocycles. The maximum atomic E-state index is 10.7. The van der Waals surface area contributed by atoms with Crippen molar-refractivity contribution in [1.82, 2.24) is 9.97 Å². The molecule has 0 aliphatic rings. The van der Waals surface area contributed by atoms with Gasteiger partial charge in [0, 0.05) is 23.2 Å². The van der Waals surface area contributed by atoms with Crippen molar-refractivity contribution in [3.63, 3.8) is 0 Å². The minimum atomic E-state index is -0.976. The van der Waals surface area contributed by atoms with E-state index in [0.717, 1.165) is 10.7 Å². The summed E-state index contributed by atoms with van der Waals surface area (Å²) in [5.41, 5.74) is 1.04. The highest BCUT2D eigenvalue weighted by atomic mass is 35.5. The van der Waals surface area contributed by atoms with Crippen molar-refractivity contribution in [2.45, 2.75) is 10.8 Å². The predicted molar refractivity (Wildman–Crippen MR) is 70.0 cm³/mol. The number of carboxylic acids is 1. The number of thioether (sulfide) groups is 1. The SMILES string of the molecule is O=C(O)c1ccc(SCc2cc(Cl)ccn2)nc1. The Balaban J connectivity index is 2.00. The van der Waals surface area contributed by atoms with Crippen LogP contribution in [0.15, 0.2) is 41.7 Å². The summed E-state index contributed by atoms with van der Waals surface area (Å²) in [7, 11) is 0. The molecule has 4 nitrogen and oxygen atoms in total. The van der Waals surface area contributed by atoms with Crippen LogP contribution in [0.2, 0.25) is 5.02 Å². The molecule has 2 heterocycles. The summed E-state index contributed by atoms with van der Waals surface area (Å²) in [6.45, 7) is 0. The fraction of sp³-hybridized carbons (Fsp3) is 0.0833. The molecule has 0 fully saturated rings. The minimum Gasteiger partial charge on any atom is -0.478 e. The van der Waals surface area contributed by atoms with Crippen LogP contribution < -0.4 is 0 Å². The van der Waals surface area contributed by atoms with Crippen molar-refractivity contribution < 1.29 is 9.90 Å². The molecule has 0 spiro atoms. The summed E-state index contributed by atoms with van der Waals surface area (Å²) < 4.78 is 0. The molecule has 92 valence electrons. The van der Waals surface area contributed by atoms with Gasteiger partial charge in [-0.1, -0.05) is 11.6 Å². The molecule has 0 aliphatic carbocycles. The van der Waals surface area contributed by atoms with E-state index in [2.05, 4.69) is 9.97 Å². The first-order valence-corrected chi connectivity index (χ1v) is 6.44. The van der Waals surface area contributed by atoms with Crippen LogP contribution in [0.3, 0.4) is 0 Å². The van der Waals surface area contributed by atoms with E-state index in [9.17, 15) is 4.79 Å². The second kappa shape index (κ2) is 5.84. The Bertz CT molecular complexity index is 560. The fourth-order valence-corrected chi connectivity index (χ4v) is 2.20. The van der Waals surface area contributed by atoms with Gasteiger partial charge in [0.25, 0.3) is 0 Å². The molecule has 0 unspecified atom stereocenters. The van der Waals surface area contributed by atoms with Crippen molar-refractivity contribution in [3.8, 4) is 0 Å². The summed E-state index contributed by atoms with van der Waals surface area (Å²) in [5.74, 6) is -0.337. The second-order valence-electron chi connectivity index (χ2n) is 3.44. The number of aromatic carboxylic acids is 1. The van der Waals surface area contributed by atoms with Crippen molar-refractivity contribution in [2.24, 2.45) is 0 Å². The zero-order valence-electron chi connectivity index (χ0n) is 9.21. The van der Waals surface area contributed by atoms with Crippen LogP contribution >= 0.6 is 23.4 Å². The van der Waals surface area contributed by atoms with Crippen LogP contribution in [-0.2, 0) is 5.75 Å². The number of rotatable bonds is 4. The molecule has 2 rings (SSSR count). The summed E-state index contributed by atoms with van der Waals surface area (Å²) in [4.78, 5) is 18.9. The van der Waals surface area contributed by atoms with Crippen LogP contribution in [0.25, 0.3) is 0 Å². The average Bonchev–Trinajstić information content (AvgIpc) is 2.37. The van der Waals surface area contributed by atoms with Gasteiger partial charge in [0.2, 0.25) is 0 Å². The van der Waals surface area contributed by atoms with Crippen molar-refractivity contribution in [3.05, 3.63) is 52.9 Å². The van der Waals surface area contributed by atoms with Gasteiger partial charge in [-0.25, -0.2) is 9.78 Å². The molecule has 0 aliphatic heterocycles. The zero-order valence-corrected chi connectivity index (χ0v) is 10.8. The number of pyridine rings is 2. The zero-order chi connectivity index (χ0) is 13.0. The second-order valence-corrected chi connectivity index (χ2v) is 4.88. The van der Waals surface area contributed by atoms with Gasteiger partial charge >= 0.3 is 5.97 Å². The average molecular weight is 281 g/mol. The lowest BCUT2D eigenvalue weighted by Crippen LogP contribution is -1.96. The van der Waals surface area contributed by atoms with Gasteiger partial charge in [-0.2, -0.15) is 0 Å². The highest BCUT2D eigenvalue weighted by Gasteiger charge is 2.04. The molecule has 2 aromatic heterocycles. The lowest BCUT2D eigenvalue weighted by molar-refractivity contribution is 0.0696. The molecule has 0 saturated carbocycles. The first-order valence-electron chi connectivity index (χ1n) is 5.08. The Morgan fingerprint density at radius 1 is 1.33 bits per heavy atom. The first-order chi connectivity index (χ1) is 8.65. The van der Waals surface area contributed by atoms with E-state index in [4.69, 9.17) is 16.7 Å². The van der Waals surface area contributed by atoms with Gasteiger partial charge in [-0.15, -0.1) is 11.8 Å². The molecule has 2 aromatic rings. The van der Waals surface area contributed by atoms with Crippen molar-refractivity contribution >= 4 is 29.3 Å². The lowest BCUT2D eigenvalue weighted by Gasteiger charge is -2.01. The van der Waals surface area contributed by atoms with E-state index in [0.29, 0.717) is 10.8 Å². The quantitative estimate of drug-likeness (QED) is 0.872. The highest BCUT2D eigenvalue weighted by molar-refractivity contribution is 7.98. The molecule has 0 radical (unpaired) electrons. The third-order valence-electron chi connectivity index (χ3n) is 2.13. The highest BCUT2D eigenvalue weighted by Crippen LogP contribution is 2.21. The van der Waals surface area contributed by atoms with Crippen LogP contribution in [-0.4, -0.2) is 21.0 Å². The van der Waals surface area contributed by atoms with Gasteiger partial charge < -0.3 is 5.11 Å². The molecule has 6 heteroatoms. The normalized spacial score (nSPS) is 10.3. The summed E-state index contributed by atoms with van der Waals surface area (Å²) in [6.07, 6.45) is 3.00. The van der Waals surface area contributed by atoms with Gasteiger partial charge in [0.05, 0.1) is 16.3 Å². The third kappa shape index (κ3) is 3.45. The minimum absolute atomic E-state index is 0.181. The van der Waals surface area contributed by atoms with Gasteiger partial charge in [0.15, 0.2) is 0 Å². The largest absolute Gasteiger partial charge is 0.478 e. The number of halogens is 1. The Labute approximate surface area is 113 Å². The van der Waals surface area contributed by atoms with Crippen LogP contribution in [0.1, 0.15) is 16.1 Å². The van der Waals surface area contributed by atoms with Gasteiger partial charge in [0.1, 0.15) is 0 Å². The Morgan fingerprint density at radius 2 is 2.17 bits per heavy atom. The lowest BCUT2D eigenvalue weighted by atomic mass is 10.3. The van der Waals surface area contributed by atoms with Crippen LogP contribution in [0.5, 0.6) is 0 Å². The molecular weight excluding hydrogens is 272 g/mol. The Kier molecular flexibility index (Phi) is 4.17. The molecule has 0 amide bonds. The molecular formula is C12H9ClN2O2S. The third-order valence-corrected chi connectivity index (χ3v) is 3.34. The summed E-state index contributed by atoms with van der Waals surface area (Å²) >= 11 is 7.33. The number of hydrogen-bond acceptors (Lipinski definition) is 4. The fourth-order valence-electron chi connectivity index (χ4n) is 1.27. The van der Waals surface area contributed by atoms with Crippen LogP contribution in [0.4, 0.5) is 0 Å². The van der Waals surface area contributed by atoms with E-state index >= 15 is 0 Å². The van der Waals surface area contributed by atoms with E-state index in [1.165, 1.54) is 24.0 Å². The molecule has 18 heavy (non-hydrogen) atoms. The van der Waals surface area contributed by atoms with Crippen molar-refractivity contribution in [2.75, 3.05) is 0 Å². The maximum Gasteiger partial charge on any atom is 0.337 e. The number of nitrogens with zero attached hydrogens (tertiary/aromatic N) is 2. The smallest absolute Gasteiger partial charge is 0.337 e. The van der Waals surface area contributed by atoms with Crippen molar-refractivity contribution in [1.29, 1.82) is 0 Å². The summed E-state index contributed by atoms with van der Waals surface area (Å²) in [5, 5.41) is 10.1. The standard InChI is InChI=1S/C12H9ClN2O2S/c13-9-3-4-14-10(5-9)7-18-11-2-1-8(6-15-11)12(16)17/h1-6H,7H2,(H,16,17). The number of carbonyl (C=O) groups is 1. The predicted octanol–water partition coefficient (Wildman–Crippen LogP) is 3.12. The van der Waals surface area contributed by atoms with Gasteiger partial charge in [-0.05, 0) is 24.3 Å². The number of carboxylic acid groups (broad SMARTS) is 1. The van der Waals surface area contributed by atoms with Crippen LogP contribution in [0, 0.1) is 0 Å².